The van der Waals surface area contributed by atoms with Crippen LogP contribution in [0.1, 0.15) is 19.4 Å². The van der Waals surface area contributed by atoms with E-state index in [1.165, 1.54) is 0 Å². The second kappa shape index (κ2) is 8.35. The van der Waals surface area contributed by atoms with Crippen LogP contribution in [-0.2, 0) is 16.0 Å². The number of alkyl carbamates (subject to hydrolysis) is 1. The molecule has 0 saturated carbocycles. The number of amides is 2. The van der Waals surface area contributed by atoms with Crippen LogP contribution in [0.15, 0.2) is 30.5 Å². The van der Waals surface area contributed by atoms with Crippen molar-refractivity contribution in [2.75, 3.05) is 13.2 Å². The SMILES string of the molecule is CC(C)OC(=O)N[C@@H](Cc1c[nH]c2ccccc12)C(=O)NCCO. The summed E-state index contributed by atoms with van der Waals surface area (Å²) in [5.74, 6) is -0.366. The van der Waals surface area contributed by atoms with Crippen LogP contribution in [0.25, 0.3) is 10.9 Å². The van der Waals surface area contributed by atoms with Gasteiger partial charge < -0.3 is 25.5 Å². The first kappa shape index (κ1) is 17.8. The molecule has 7 heteroatoms. The molecule has 1 aromatic heterocycles. The number of H-pyrrole nitrogens is 1. The highest BCUT2D eigenvalue weighted by Gasteiger charge is 2.23. The quantitative estimate of drug-likeness (QED) is 0.613. The number of ether oxygens (including phenoxy) is 1. The monoisotopic (exact) mass is 333 g/mol. The van der Waals surface area contributed by atoms with Gasteiger partial charge in [-0.2, -0.15) is 0 Å². The third-order valence-electron chi connectivity index (χ3n) is 3.46. The zero-order valence-electron chi connectivity index (χ0n) is 13.8. The van der Waals surface area contributed by atoms with E-state index in [4.69, 9.17) is 9.84 Å². The van der Waals surface area contributed by atoms with Crippen LogP contribution in [0.3, 0.4) is 0 Å². The number of hydrogen-bond acceptors (Lipinski definition) is 4. The Morgan fingerprint density at radius 2 is 2.04 bits per heavy atom. The molecule has 2 rings (SSSR count). The van der Waals surface area contributed by atoms with E-state index in [1.807, 2.05) is 30.5 Å². The van der Waals surface area contributed by atoms with Gasteiger partial charge in [-0.1, -0.05) is 18.2 Å². The number of nitrogens with one attached hydrogen (secondary N) is 3. The van der Waals surface area contributed by atoms with Crippen LogP contribution in [0.5, 0.6) is 0 Å². The summed E-state index contributed by atoms with van der Waals surface area (Å²) in [6.07, 6.45) is 1.22. The lowest BCUT2D eigenvalue weighted by molar-refractivity contribution is -0.123. The standard InChI is InChI=1S/C17H23N3O4/c1-11(2)24-17(23)20-15(16(22)18-7-8-21)9-12-10-19-14-6-4-3-5-13(12)14/h3-6,10-11,15,19,21H,7-9H2,1-2H3,(H,18,22)(H,20,23)/t15-/m0/s1. The number of benzene rings is 1. The summed E-state index contributed by atoms with van der Waals surface area (Å²) in [7, 11) is 0. The Morgan fingerprint density at radius 3 is 2.75 bits per heavy atom. The largest absolute Gasteiger partial charge is 0.447 e. The lowest BCUT2D eigenvalue weighted by atomic mass is 10.0. The van der Waals surface area contributed by atoms with Gasteiger partial charge in [-0.05, 0) is 25.5 Å². The second-order valence-electron chi connectivity index (χ2n) is 5.73. The van der Waals surface area contributed by atoms with Crippen molar-refractivity contribution in [1.29, 1.82) is 0 Å². The Kier molecular flexibility index (Phi) is 6.20. The van der Waals surface area contributed by atoms with E-state index in [9.17, 15) is 9.59 Å². The molecule has 2 amide bonds. The number of aromatic nitrogens is 1. The normalized spacial score (nSPS) is 12.2. The van der Waals surface area contributed by atoms with Crippen molar-refractivity contribution in [2.24, 2.45) is 0 Å². The number of aliphatic hydroxyl groups is 1. The summed E-state index contributed by atoms with van der Waals surface area (Å²) < 4.78 is 5.05. The van der Waals surface area contributed by atoms with Crippen molar-refractivity contribution < 1.29 is 19.4 Å². The molecule has 0 spiro atoms. The van der Waals surface area contributed by atoms with E-state index in [0.29, 0.717) is 6.42 Å². The van der Waals surface area contributed by atoms with Crippen molar-refractivity contribution in [3.63, 3.8) is 0 Å². The zero-order valence-corrected chi connectivity index (χ0v) is 13.8. The van der Waals surface area contributed by atoms with E-state index in [-0.39, 0.29) is 25.2 Å². The first-order valence-corrected chi connectivity index (χ1v) is 7.92. The van der Waals surface area contributed by atoms with Gasteiger partial charge in [0.1, 0.15) is 6.04 Å². The molecular weight excluding hydrogens is 310 g/mol. The number of para-hydroxylation sites is 1. The molecule has 0 aliphatic heterocycles. The van der Waals surface area contributed by atoms with Gasteiger partial charge in [0.2, 0.25) is 5.91 Å². The number of aliphatic hydroxyl groups excluding tert-OH is 1. The number of fused-ring (bicyclic) bond motifs is 1. The van der Waals surface area contributed by atoms with E-state index in [0.717, 1.165) is 16.5 Å². The Bertz CT molecular complexity index is 696. The van der Waals surface area contributed by atoms with Crippen molar-refractivity contribution in [3.05, 3.63) is 36.0 Å². The molecule has 2 aromatic rings. The van der Waals surface area contributed by atoms with Gasteiger partial charge in [0, 0.05) is 30.1 Å². The minimum absolute atomic E-state index is 0.129. The summed E-state index contributed by atoms with van der Waals surface area (Å²) in [5, 5.41) is 15.0. The maximum atomic E-state index is 12.3. The maximum Gasteiger partial charge on any atom is 0.408 e. The third kappa shape index (κ3) is 4.73. The fourth-order valence-electron chi connectivity index (χ4n) is 2.42. The van der Waals surface area contributed by atoms with Crippen LogP contribution in [0.4, 0.5) is 4.79 Å². The third-order valence-corrected chi connectivity index (χ3v) is 3.46. The van der Waals surface area contributed by atoms with Crippen LogP contribution in [0, 0.1) is 0 Å². The molecule has 1 aromatic carbocycles. The molecule has 130 valence electrons. The molecule has 1 heterocycles. The van der Waals surface area contributed by atoms with E-state index >= 15 is 0 Å². The molecule has 7 nitrogen and oxygen atoms in total. The predicted octanol–water partition coefficient (Wildman–Crippen LogP) is 1.32. The summed E-state index contributed by atoms with van der Waals surface area (Å²) >= 11 is 0. The lowest BCUT2D eigenvalue weighted by Gasteiger charge is -2.19. The van der Waals surface area contributed by atoms with E-state index < -0.39 is 12.1 Å². The fraction of sp³-hybridized carbons (Fsp3) is 0.412. The van der Waals surface area contributed by atoms with Crippen molar-refractivity contribution >= 4 is 22.9 Å². The maximum absolute atomic E-state index is 12.3. The van der Waals surface area contributed by atoms with Crippen LogP contribution in [-0.4, -0.2) is 47.4 Å². The smallest absolute Gasteiger partial charge is 0.408 e. The van der Waals surface area contributed by atoms with Crippen LogP contribution < -0.4 is 10.6 Å². The molecule has 1 atom stereocenters. The molecule has 4 N–H and O–H groups in total. The Hall–Kier alpha value is -2.54. The molecular formula is C17H23N3O4. The van der Waals surface area contributed by atoms with Gasteiger partial charge in [0.05, 0.1) is 12.7 Å². The molecule has 0 aliphatic carbocycles. The van der Waals surface area contributed by atoms with Gasteiger partial charge in [0.15, 0.2) is 0 Å². The topological polar surface area (TPSA) is 103 Å². The summed E-state index contributed by atoms with van der Waals surface area (Å²) in [4.78, 5) is 27.3. The van der Waals surface area contributed by atoms with Crippen molar-refractivity contribution in [1.82, 2.24) is 15.6 Å². The van der Waals surface area contributed by atoms with Gasteiger partial charge >= 0.3 is 6.09 Å². The molecule has 0 radical (unpaired) electrons. The molecule has 0 fully saturated rings. The van der Waals surface area contributed by atoms with Gasteiger partial charge in [-0.15, -0.1) is 0 Å². The minimum atomic E-state index is -0.790. The Labute approximate surface area is 140 Å². The summed E-state index contributed by atoms with van der Waals surface area (Å²) in [5.41, 5.74) is 1.88. The highest BCUT2D eigenvalue weighted by Crippen LogP contribution is 2.19. The second-order valence-corrected chi connectivity index (χ2v) is 5.73. The van der Waals surface area contributed by atoms with Crippen molar-refractivity contribution in [3.8, 4) is 0 Å². The average Bonchev–Trinajstić information content (AvgIpc) is 2.94. The molecule has 0 saturated heterocycles. The number of carbonyl (C=O) groups excluding carboxylic acids is 2. The van der Waals surface area contributed by atoms with Crippen molar-refractivity contribution in [2.45, 2.75) is 32.4 Å². The lowest BCUT2D eigenvalue weighted by Crippen LogP contribution is -2.49. The first-order valence-electron chi connectivity index (χ1n) is 7.92. The number of carbonyl (C=O) groups is 2. The predicted molar refractivity (Wildman–Crippen MR) is 90.6 cm³/mol. The van der Waals surface area contributed by atoms with E-state index in [2.05, 4.69) is 15.6 Å². The number of aromatic amines is 1. The fourth-order valence-corrected chi connectivity index (χ4v) is 2.42. The Morgan fingerprint density at radius 1 is 1.29 bits per heavy atom. The Balaban J connectivity index is 2.15. The zero-order chi connectivity index (χ0) is 17.5. The van der Waals surface area contributed by atoms with Gasteiger partial charge in [-0.3, -0.25) is 4.79 Å². The average molecular weight is 333 g/mol. The first-order chi connectivity index (χ1) is 11.5. The number of rotatable bonds is 7. The molecule has 0 aliphatic rings. The molecule has 24 heavy (non-hydrogen) atoms. The summed E-state index contributed by atoms with van der Waals surface area (Å²) in [6, 6.07) is 6.95. The number of hydrogen-bond donors (Lipinski definition) is 4. The highest BCUT2D eigenvalue weighted by atomic mass is 16.6. The van der Waals surface area contributed by atoms with Crippen LogP contribution in [0.2, 0.25) is 0 Å². The van der Waals surface area contributed by atoms with E-state index in [1.54, 1.807) is 13.8 Å². The highest BCUT2D eigenvalue weighted by molar-refractivity contribution is 5.88. The molecule has 0 unspecified atom stereocenters. The van der Waals surface area contributed by atoms with Gasteiger partial charge in [-0.25, -0.2) is 4.79 Å². The van der Waals surface area contributed by atoms with Gasteiger partial charge in [0.25, 0.3) is 0 Å². The van der Waals surface area contributed by atoms with Crippen LogP contribution >= 0.6 is 0 Å². The molecule has 0 bridgehead atoms. The minimum Gasteiger partial charge on any atom is -0.447 e. The summed E-state index contributed by atoms with van der Waals surface area (Å²) in [6.45, 7) is 3.44.